The van der Waals surface area contributed by atoms with Crippen molar-refractivity contribution in [3.05, 3.63) is 59.2 Å². The van der Waals surface area contributed by atoms with Crippen molar-refractivity contribution in [3.63, 3.8) is 0 Å². The van der Waals surface area contributed by atoms with Crippen LogP contribution in [0.2, 0.25) is 0 Å². The first-order chi connectivity index (χ1) is 12.9. The Hall–Kier alpha value is -2.33. The van der Waals surface area contributed by atoms with Crippen molar-refractivity contribution < 1.29 is 9.53 Å². The predicted octanol–water partition coefficient (Wildman–Crippen LogP) is 4.15. The number of likely N-dealkylation sites (N-methyl/N-ethyl adjacent to an activating group) is 2. The molecule has 0 N–H and O–H groups in total. The van der Waals surface area contributed by atoms with Gasteiger partial charge in [0.2, 0.25) is 0 Å². The van der Waals surface area contributed by atoms with Crippen molar-refractivity contribution in [2.75, 3.05) is 25.5 Å². The SMILES string of the molecule is CC(C)c1ccc(CC(=O)Oc2ccc3c(c2)C2CCN(C)C2N3C)cc1. The maximum Gasteiger partial charge on any atom is 0.315 e. The first kappa shape index (κ1) is 18.1. The molecule has 0 spiro atoms. The first-order valence-electron chi connectivity index (χ1n) is 9.80. The van der Waals surface area contributed by atoms with Gasteiger partial charge in [-0.05, 0) is 54.3 Å². The topological polar surface area (TPSA) is 32.8 Å². The summed E-state index contributed by atoms with van der Waals surface area (Å²) in [5, 5.41) is 0. The Morgan fingerprint density at radius 1 is 1.15 bits per heavy atom. The smallest absolute Gasteiger partial charge is 0.315 e. The lowest BCUT2D eigenvalue weighted by molar-refractivity contribution is -0.133. The second-order valence-corrected chi connectivity index (χ2v) is 8.17. The van der Waals surface area contributed by atoms with Crippen LogP contribution in [0.15, 0.2) is 42.5 Å². The molecule has 142 valence electrons. The first-order valence-corrected chi connectivity index (χ1v) is 9.80. The summed E-state index contributed by atoms with van der Waals surface area (Å²) < 4.78 is 5.66. The minimum Gasteiger partial charge on any atom is -0.426 e. The number of benzene rings is 2. The standard InChI is InChI=1S/C23H28N2O2/c1-15(2)17-7-5-16(6-8-17)13-22(26)27-18-9-10-21-20(14-18)19-11-12-24(3)23(19)25(21)4/h5-10,14-15,19,23H,11-13H2,1-4H3. The lowest BCUT2D eigenvalue weighted by Crippen LogP contribution is -2.39. The zero-order valence-electron chi connectivity index (χ0n) is 16.6. The van der Waals surface area contributed by atoms with Gasteiger partial charge in [0.1, 0.15) is 5.75 Å². The highest BCUT2D eigenvalue weighted by Gasteiger charge is 2.43. The highest BCUT2D eigenvalue weighted by atomic mass is 16.5. The Morgan fingerprint density at radius 2 is 1.89 bits per heavy atom. The fraction of sp³-hybridized carbons (Fsp3) is 0.435. The van der Waals surface area contributed by atoms with E-state index in [4.69, 9.17) is 4.74 Å². The monoisotopic (exact) mass is 364 g/mol. The van der Waals surface area contributed by atoms with E-state index in [-0.39, 0.29) is 5.97 Å². The lowest BCUT2D eigenvalue weighted by Gasteiger charge is -2.28. The Balaban J connectivity index is 1.45. The summed E-state index contributed by atoms with van der Waals surface area (Å²) in [4.78, 5) is 17.1. The van der Waals surface area contributed by atoms with Gasteiger partial charge in [0.25, 0.3) is 0 Å². The average molecular weight is 364 g/mol. The molecule has 1 fully saturated rings. The summed E-state index contributed by atoms with van der Waals surface area (Å²) in [5.74, 6) is 1.44. The number of ether oxygens (including phenoxy) is 1. The molecule has 4 nitrogen and oxygen atoms in total. The number of fused-ring (bicyclic) bond motifs is 3. The predicted molar refractivity (Wildman–Crippen MR) is 108 cm³/mol. The molecule has 0 aromatic heterocycles. The van der Waals surface area contributed by atoms with E-state index in [1.54, 1.807) is 0 Å². The molecule has 2 unspecified atom stereocenters. The minimum atomic E-state index is -0.210. The molecule has 2 heterocycles. The average Bonchev–Trinajstić information content (AvgIpc) is 3.15. The van der Waals surface area contributed by atoms with Crippen LogP contribution in [0, 0.1) is 0 Å². The molecule has 2 aromatic carbocycles. The van der Waals surface area contributed by atoms with Gasteiger partial charge >= 0.3 is 5.97 Å². The molecule has 0 bridgehead atoms. The highest BCUT2D eigenvalue weighted by molar-refractivity contribution is 5.76. The van der Waals surface area contributed by atoms with E-state index in [1.165, 1.54) is 16.8 Å². The molecule has 4 rings (SSSR count). The van der Waals surface area contributed by atoms with Crippen LogP contribution in [-0.4, -0.2) is 37.7 Å². The van der Waals surface area contributed by atoms with Gasteiger partial charge in [-0.25, -0.2) is 0 Å². The van der Waals surface area contributed by atoms with Crippen molar-refractivity contribution >= 4 is 11.7 Å². The van der Waals surface area contributed by atoms with E-state index >= 15 is 0 Å². The summed E-state index contributed by atoms with van der Waals surface area (Å²) in [6.45, 7) is 5.44. The zero-order chi connectivity index (χ0) is 19.1. The fourth-order valence-corrected chi connectivity index (χ4v) is 4.52. The number of hydrogen-bond acceptors (Lipinski definition) is 4. The van der Waals surface area contributed by atoms with Crippen LogP contribution < -0.4 is 9.64 Å². The van der Waals surface area contributed by atoms with Crippen LogP contribution in [-0.2, 0) is 11.2 Å². The molecule has 0 saturated carbocycles. The highest BCUT2D eigenvalue weighted by Crippen LogP contribution is 2.47. The second-order valence-electron chi connectivity index (χ2n) is 8.17. The minimum absolute atomic E-state index is 0.210. The third-order valence-electron chi connectivity index (χ3n) is 6.01. The number of carbonyl (C=O) groups excluding carboxylic acids is 1. The lowest BCUT2D eigenvalue weighted by atomic mass is 9.98. The normalized spacial score (nSPS) is 21.4. The maximum atomic E-state index is 12.4. The summed E-state index contributed by atoms with van der Waals surface area (Å²) in [7, 11) is 4.33. The van der Waals surface area contributed by atoms with Gasteiger partial charge in [-0.2, -0.15) is 0 Å². The zero-order valence-corrected chi connectivity index (χ0v) is 16.6. The van der Waals surface area contributed by atoms with Gasteiger partial charge in [0.15, 0.2) is 0 Å². The van der Waals surface area contributed by atoms with Crippen molar-refractivity contribution in [2.24, 2.45) is 0 Å². The summed E-state index contributed by atoms with van der Waals surface area (Å²) in [6.07, 6.45) is 1.87. The number of carbonyl (C=O) groups is 1. The molecule has 2 aliphatic heterocycles. The number of esters is 1. The number of nitrogens with zero attached hydrogens (tertiary/aromatic N) is 2. The van der Waals surface area contributed by atoms with Crippen LogP contribution >= 0.6 is 0 Å². The molecule has 2 aliphatic rings. The van der Waals surface area contributed by atoms with Crippen LogP contribution in [0.3, 0.4) is 0 Å². The van der Waals surface area contributed by atoms with Crippen molar-refractivity contribution in [2.45, 2.75) is 44.7 Å². The third kappa shape index (κ3) is 3.34. The van der Waals surface area contributed by atoms with E-state index in [0.29, 0.717) is 30.2 Å². The van der Waals surface area contributed by atoms with E-state index in [9.17, 15) is 4.79 Å². The van der Waals surface area contributed by atoms with Gasteiger partial charge in [-0.1, -0.05) is 38.1 Å². The van der Waals surface area contributed by atoms with E-state index in [1.807, 2.05) is 18.2 Å². The Bertz CT molecular complexity index is 844. The number of anilines is 1. The van der Waals surface area contributed by atoms with E-state index < -0.39 is 0 Å². The number of rotatable bonds is 4. The molecule has 27 heavy (non-hydrogen) atoms. The van der Waals surface area contributed by atoms with Crippen LogP contribution in [0.1, 0.15) is 48.8 Å². The van der Waals surface area contributed by atoms with Crippen molar-refractivity contribution in [1.29, 1.82) is 0 Å². The fourth-order valence-electron chi connectivity index (χ4n) is 4.52. The van der Waals surface area contributed by atoms with E-state index in [2.05, 4.69) is 62.0 Å². The molecular weight excluding hydrogens is 336 g/mol. The summed E-state index contributed by atoms with van der Waals surface area (Å²) in [5.41, 5.74) is 4.83. The van der Waals surface area contributed by atoms with Gasteiger partial charge in [-0.15, -0.1) is 0 Å². The molecule has 0 aliphatic carbocycles. The molecule has 2 aromatic rings. The molecule has 0 amide bonds. The van der Waals surface area contributed by atoms with Crippen LogP contribution in [0.4, 0.5) is 5.69 Å². The van der Waals surface area contributed by atoms with Crippen molar-refractivity contribution in [3.8, 4) is 5.75 Å². The second kappa shape index (κ2) is 7.01. The quantitative estimate of drug-likeness (QED) is 0.603. The maximum absolute atomic E-state index is 12.4. The largest absolute Gasteiger partial charge is 0.426 e. The van der Waals surface area contributed by atoms with Gasteiger partial charge in [0, 0.05) is 25.2 Å². The molecular formula is C23H28N2O2. The molecule has 0 radical (unpaired) electrons. The van der Waals surface area contributed by atoms with Gasteiger partial charge < -0.3 is 9.64 Å². The van der Waals surface area contributed by atoms with E-state index in [0.717, 1.165) is 18.5 Å². The third-order valence-corrected chi connectivity index (χ3v) is 6.01. The molecule has 1 saturated heterocycles. The molecule has 4 heteroatoms. The van der Waals surface area contributed by atoms with Crippen LogP contribution in [0.5, 0.6) is 5.75 Å². The molecule has 2 atom stereocenters. The number of likely N-dealkylation sites (tertiary alicyclic amines) is 1. The van der Waals surface area contributed by atoms with Gasteiger partial charge in [-0.3, -0.25) is 9.69 Å². The Morgan fingerprint density at radius 3 is 2.59 bits per heavy atom. The number of hydrogen-bond donors (Lipinski definition) is 0. The summed E-state index contributed by atoms with van der Waals surface area (Å²) >= 11 is 0. The Kier molecular flexibility index (Phi) is 4.68. The van der Waals surface area contributed by atoms with Gasteiger partial charge in [0.05, 0.1) is 12.6 Å². The van der Waals surface area contributed by atoms with Crippen LogP contribution in [0.25, 0.3) is 0 Å². The summed E-state index contributed by atoms with van der Waals surface area (Å²) in [6, 6.07) is 14.3. The Labute approximate surface area is 161 Å². The van der Waals surface area contributed by atoms with Crippen molar-refractivity contribution in [1.82, 2.24) is 4.90 Å².